The highest BCUT2D eigenvalue weighted by atomic mass is 32.2. The molecule has 3 rings (SSSR count). The average molecular weight is 438 g/mol. The normalized spacial score (nSPS) is 12.6. The van der Waals surface area contributed by atoms with Gasteiger partial charge in [0, 0.05) is 17.0 Å². The summed E-state index contributed by atoms with van der Waals surface area (Å²) < 4.78 is 28.4. The monoisotopic (exact) mass is 437 g/mol. The highest BCUT2D eigenvalue weighted by Crippen LogP contribution is 2.31. The molecule has 1 N–H and O–H groups in total. The van der Waals surface area contributed by atoms with Crippen LogP contribution >= 0.6 is 23.1 Å². The van der Waals surface area contributed by atoms with Gasteiger partial charge in [-0.3, -0.25) is 14.2 Å². The Morgan fingerprint density at radius 2 is 1.93 bits per heavy atom. The molecule has 0 saturated heterocycles. The Morgan fingerprint density at radius 1 is 1.24 bits per heavy atom. The van der Waals surface area contributed by atoms with Gasteiger partial charge in [-0.25, -0.2) is 13.8 Å². The lowest BCUT2D eigenvalue weighted by Crippen LogP contribution is -2.28. The molecule has 9 heteroatoms. The molecule has 1 aromatic carbocycles. The molecule has 5 nitrogen and oxygen atoms in total. The van der Waals surface area contributed by atoms with E-state index in [-0.39, 0.29) is 17.3 Å². The predicted molar refractivity (Wildman–Crippen MR) is 114 cm³/mol. The van der Waals surface area contributed by atoms with Crippen LogP contribution < -0.4 is 10.9 Å². The molecule has 0 spiro atoms. The summed E-state index contributed by atoms with van der Waals surface area (Å²) >= 11 is 2.57. The Labute approximate surface area is 175 Å². The number of hydrogen-bond donors (Lipinski definition) is 1. The third-order valence-electron chi connectivity index (χ3n) is 4.56. The summed E-state index contributed by atoms with van der Waals surface area (Å²) in [6, 6.07) is 2.81. The lowest BCUT2D eigenvalue weighted by atomic mass is 10.2. The van der Waals surface area contributed by atoms with Crippen molar-refractivity contribution in [3.8, 4) is 0 Å². The molecule has 0 aliphatic carbocycles. The number of hydrogen-bond acceptors (Lipinski definition) is 5. The Morgan fingerprint density at radius 3 is 2.55 bits per heavy atom. The molecule has 0 saturated carbocycles. The van der Waals surface area contributed by atoms with Gasteiger partial charge in [-0.05, 0) is 52.3 Å². The molecule has 1 unspecified atom stereocenters. The van der Waals surface area contributed by atoms with Crippen LogP contribution in [0.5, 0.6) is 0 Å². The molecule has 29 heavy (non-hydrogen) atoms. The van der Waals surface area contributed by atoms with Gasteiger partial charge in [0.05, 0.1) is 16.3 Å². The van der Waals surface area contributed by atoms with E-state index >= 15 is 0 Å². The molecule has 1 amide bonds. The van der Waals surface area contributed by atoms with Gasteiger partial charge < -0.3 is 5.32 Å². The van der Waals surface area contributed by atoms with Crippen LogP contribution in [0.3, 0.4) is 0 Å². The molecule has 0 radical (unpaired) electrons. The van der Waals surface area contributed by atoms with Crippen LogP contribution in [-0.2, 0) is 4.79 Å². The Bertz CT molecular complexity index is 1150. The largest absolute Gasteiger partial charge is 0.323 e. The van der Waals surface area contributed by atoms with Gasteiger partial charge in [0.1, 0.15) is 16.5 Å². The smallest absolute Gasteiger partial charge is 0.263 e. The Balaban J connectivity index is 1.93. The van der Waals surface area contributed by atoms with Crippen LogP contribution in [0.25, 0.3) is 10.2 Å². The second kappa shape index (κ2) is 8.23. The number of aryl methyl sites for hydroxylation is 2. The number of aromatic nitrogens is 2. The fraction of sp³-hybridized carbons (Fsp3) is 0.350. The minimum Gasteiger partial charge on any atom is -0.323 e. The quantitative estimate of drug-likeness (QED) is 0.448. The standard InChI is InChI=1S/C20H21F2N3O2S2/c1-9(2)25-19(27)16-10(3)11(4)28-18(16)24-20(25)29-12(5)17(26)23-15-7-6-13(21)8-14(15)22/h6-9,12H,1-5H3,(H,23,26). The number of nitrogens with zero attached hydrogens (tertiary/aromatic N) is 2. The van der Waals surface area contributed by atoms with Gasteiger partial charge in [0.25, 0.3) is 5.56 Å². The number of nitrogens with one attached hydrogen (secondary N) is 1. The van der Waals surface area contributed by atoms with E-state index in [0.29, 0.717) is 21.4 Å². The zero-order valence-electron chi connectivity index (χ0n) is 16.7. The minimum atomic E-state index is -0.848. The lowest BCUT2D eigenvalue weighted by molar-refractivity contribution is -0.115. The second-order valence-corrected chi connectivity index (χ2v) is 9.51. The topological polar surface area (TPSA) is 64.0 Å². The Hall–Kier alpha value is -2.26. The van der Waals surface area contributed by atoms with Gasteiger partial charge >= 0.3 is 0 Å². The zero-order chi connectivity index (χ0) is 21.5. The highest BCUT2D eigenvalue weighted by Gasteiger charge is 2.23. The average Bonchev–Trinajstić information content (AvgIpc) is 2.91. The van der Waals surface area contributed by atoms with E-state index in [0.717, 1.165) is 28.3 Å². The van der Waals surface area contributed by atoms with E-state index in [9.17, 15) is 18.4 Å². The summed E-state index contributed by atoms with van der Waals surface area (Å²) in [4.78, 5) is 31.9. The summed E-state index contributed by atoms with van der Waals surface area (Å²) in [5.74, 6) is -2.04. The van der Waals surface area contributed by atoms with Crippen LogP contribution in [0.15, 0.2) is 28.2 Å². The number of carbonyl (C=O) groups excluding carboxylic acids is 1. The molecule has 3 aromatic rings. The van der Waals surface area contributed by atoms with Crippen LogP contribution in [-0.4, -0.2) is 20.7 Å². The zero-order valence-corrected chi connectivity index (χ0v) is 18.3. The fourth-order valence-electron chi connectivity index (χ4n) is 2.86. The number of anilines is 1. The number of amides is 1. The van der Waals surface area contributed by atoms with Crippen molar-refractivity contribution < 1.29 is 13.6 Å². The number of thioether (sulfide) groups is 1. The van der Waals surface area contributed by atoms with Gasteiger partial charge in [0.15, 0.2) is 5.16 Å². The summed E-state index contributed by atoms with van der Waals surface area (Å²) in [6.07, 6.45) is 0. The van der Waals surface area contributed by atoms with Crippen LogP contribution in [0.4, 0.5) is 14.5 Å². The number of rotatable bonds is 5. The molecular formula is C20H21F2N3O2S2. The number of benzene rings is 1. The molecule has 1 atom stereocenters. The maximum Gasteiger partial charge on any atom is 0.263 e. The van der Waals surface area contributed by atoms with Gasteiger partial charge in [0.2, 0.25) is 5.91 Å². The molecule has 0 aliphatic heterocycles. The summed E-state index contributed by atoms with van der Waals surface area (Å²) in [6.45, 7) is 9.26. The second-order valence-electron chi connectivity index (χ2n) is 7.00. The molecule has 0 aliphatic rings. The van der Waals surface area contributed by atoms with E-state index in [4.69, 9.17) is 0 Å². The van der Waals surface area contributed by atoms with E-state index in [1.807, 2.05) is 27.7 Å². The maximum atomic E-state index is 13.8. The first-order valence-corrected chi connectivity index (χ1v) is 10.7. The third kappa shape index (κ3) is 4.20. The van der Waals surface area contributed by atoms with Crippen molar-refractivity contribution in [3.63, 3.8) is 0 Å². The van der Waals surface area contributed by atoms with Crippen molar-refractivity contribution >= 4 is 44.9 Å². The van der Waals surface area contributed by atoms with Gasteiger partial charge in [-0.15, -0.1) is 11.3 Å². The number of carbonyl (C=O) groups is 1. The molecule has 2 aromatic heterocycles. The number of thiophene rings is 1. The third-order valence-corrected chi connectivity index (χ3v) is 6.73. The van der Waals surface area contributed by atoms with Crippen molar-refractivity contribution in [1.29, 1.82) is 0 Å². The molecular weight excluding hydrogens is 416 g/mol. The first-order chi connectivity index (χ1) is 13.6. The van der Waals surface area contributed by atoms with Crippen molar-refractivity contribution in [2.24, 2.45) is 0 Å². The predicted octanol–water partition coefficient (Wildman–Crippen LogP) is 5.05. The van der Waals surface area contributed by atoms with E-state index in [1.165, 1.54) is 17.4 Å². The number of halogens is 2. The highest BCUT2D eigenvalue weighted by molar-refractivity contribution is 8.00. The number of fused-ring (bicyclic) bond motifs is 1. The van der Waals surface area contributed by atoms with E-state index in [1.54, 1.807) is 11.5 Å². The summed E-state index contributed by atoms with van der Waals surface area (Å²) in [7, 11) is 0. The van der Waals surface area contributed by atoms with Gasteiger partial charge in [-0.2, -0.15) is 0 Å². The van der Waals surface area contributed by atoms with Crippen molar-refractivity contribution in [2.45, 2.75) is 51.1 Å². The molecule has 0 fully saturated rings. The van der Waals surface area contributed by atoms with E-state index < -0.39 is 22.8 Å². The lowest BCUT2D eigenvalue weighted by Gasteiger charge is -2.18. The first kappa shape index (κ1) is 21.4. The van der Waals surface area contributed by atoms with Crippen LogP contribution in [0, 0.1) is 25.5 Å². The molecule has 0 bridgehead atoms. The van der Waals surface area contributed by atoms with Crippen molar-refractivity contribution in [3.05, 3.63) is 50.6 Å². The van der Waals surface area contributed by atoms with Crippen molar-refractivity contribution in [1.82, 2.24) is 9.55 Å². The summed E-state index contributed by atoms with van der Waals surface area (Å²) in [5, 5.41) is 2.84. The molecule has 154 valence electrons. The van der Waals surface area contributed by atoms with Crippen LogP contribution in [0.2, 0.25) is 0 Å². The first-order valence-electron chi connectivity index (χ1n) is 9.05. The maximum absolute atomic E-state index is 13.8. The molecule has 2 heterocycles. The fourth-order valence-corrected chi connectivity index (χ4v) is 4.97. The SMILES string of the molecule is Cc1sc2nc(SC(C)C(=O)Nc3ccc(F)cc3F)n(C(C)C)c(=O)c2c1C. The Kier molecular flexibility index (Phi) is 6.09. The minimum absolute atomic E-state index is 0.0991. The van der Waals surface area contributed by atoms with Crippen molar-refractivity contribution in [2.75, 3.05) is 5.32 Å². The van der Waals surface area contributed by atoms with Crippen LogP contribution in [0.1, 0.15) is 37.3 Å². The van der Waals surface area contributed by atoms with E-state index in [2.05, 4.69) is 10.3 Å². The van der Waals surface area contributed by atoms with Gasteiger partial charge in [-0.1, -0.05) is 11.8 Å². The summed E-state index contributed by atoms with van der Waals surface area (Å²) in [5.41, 5.74) is 0.690.